The number of nitrogens with one attached hydrogen (secondary N) is 2. The number of hydrogen-bond donors (Lipinski definition) is 2. The Balaban J connectivity index is 2.00. The highest BCUT2D eigenvalue weighted by atomic mass is 15.1. The second-order valence-corrected chi connectivity index (χ2v) is 6.13. The highest BCUT2D eigenvalue weighted by Crippen LogP contribution is 2.30. The maximum Gasteiger partial charge on any atom is 0.129 e. The van der Waals surface area contributed by atoms with Crippen LogP contribution in [0.1, 0.15) is 45.1 Å². The summed E-state index contributed by atoms with van der Waals surface area (Å²) < 4.78 is 0. The summed E-state index contributed by atoms with van der Waals surface area (Å²) in [5, 5.41) is 7.09. The fraction of sp³-hybridized carbons (Fsp3) is 0.733. The SMILES string of the molecule is CCc1cc(NCC2NCCCC2(C)C)nc(C)n1. The van der Waals surface area contributed by atoms with E-state index in [1.54, 1.807) is 0 Å². The van der Waals surface area contributed by atoms with Crippen LogP contribution in [0.4, 0.5) is 5.82 Å². The molecule has 2 N–H and O–H groups in total. The predicted octanol–water partition coefficient (Wildman–Crippen LogP) is 2.54. The third-order valence-electron chi connectivity index (χ3n) is 4.07. The van der Waals surface area contributed by atoms with Crippen LogP contribution in [-0.2, 0) is 6.42 Å². The van der Waals surface area contributed by atoms with Gasteiger partial charge in [-0.2, -0.15) is 0 Å². The van der Waals surface area contributed by atoms with Gasteiger partial charge in [-0.1, -0.05) is 20.8 Å². The van der Waals surface area contributed by atoms with Crippen LogP contribution >= 0.6 is 0 Å². The van der Waals surface area contributed by atoms with E-state index in [-0.39, 0.29) is 0 Å². The number of aromatic nitrogens is 2. The van der Waals surface area contributed by atoms with E-state index < -0.39 is 0 Å². The smallest absolute Gasteiger partial charge is 0.129 e. The number of aryl methyl sites for hydroxylation is 2. The summed E-state index contributed by atoms with van der Waals surface area (Å²) in [6, 6.07) is 2.56. The second-order valence-electron chi connectivity index (χ2n) is 6.13. The van der Waals surface area contributed by atoms with Crippen molar-refractivity contribution in [3.63, 3.8) is 0 Å². The molecule has 0 spiro atoms. The third kappa shape index (κ3) is 3.66. The summed E-state index contributed by atoms with van der Waals surface area (Å²) in [5.74, 6) is 1.80. The van der Waals surface area contributed by atoms with E-state index in [2.05, 4.69) is 47.4 Å². The van der Waals surface area contributed by atoms with Crippen LogP contribution in [0.25, 0.3) is 0 Å². The molecule has 0 bridgehead atoms. The van der Waals surface area contributed by atoms with Gasteiger partial charge in [-0.3, -0.25) is 0 Å². The maximum atomic E-state index is 4.46. The van der Waals surface area contributed by atoms with Crippen LogP contribution in [0.3, 0.4) is 0 Å². The van der Waals surface area contributed by atoms with Crippen molar-refractivity contribution in [2.45, 2.75) is 53.0 Å². The number of rotatable bonds is 4. The summed E-state index contributed by atoms with van der Waals surface area (Å²) >= 11 is 0. The average molecular weight is 262 g/mol. The zero-order valence-electron chi connectivity index (χ0n) is 12.6. The monoisotopic (exact) mass is 262 g/mol. The third-order valence-corrected chi connectivity index (χ3v) is 4.07. The van der Waals surface area contributed by atoms with Crippen LogP contribution in [0.5, 0.6) is 0 Å². The van der Waals surface area contributed by atoms with Crippen molar-refractivity contribution in [3.05, 3.63) is 17.6 Å². The lowest BCUT2D eigenvalue weighted by atomic mass is 9.77. The number of hydrogen-bond acceptors (Lipinski definition) is 4. The van der Waals surface area contributed by atoms with Gasteiger partial charge in [0.2, 0.25) is 0 Å². The van der Waals surface area contributed by atoms with Gasteiger partial charge in [-0.15, -0.1) is 0 Å². The molecule has 1 fully saturated rings. The van der Waals surface area contributed by atoms with Gasteiger partial charge in [0.25, 0.3) is 0 Å². The van der Waals surface area contributed by atoms with E-state index >= 15 is 0 Å². The summed E-state index contributed by atoms with van der Waals surface area (Å²) in [7, 11) is 0. The van der Waals surface area contributed by atoms with Crippen LogP contribution in [0.2, 0.25) is 0 Å². The maximum absolute atomic E-state index is 4.46. The van der Waals surface area contributed by atoms with Crippen molar-refractivity contribution in [2.24, 2.45) is 5.41 Å². The van der Waals surface area contributed by atoms with Gasteiger partial charge in [-0.05, 0) is 38.1 Å². The van der Waals surface area contributed by atoms with Crippen LogP contribution in [0.15, 0.2) is 6.07 Å². The molecule has 1 unspecified atom stereocenters. The molecule has 0 amide bonds. The molecule has 1 saturated heterocycles. The molecule has 0 aromatic carbocycles. The molecule has 1 aliphatic rings. The standard InChI is InChI=1S/C15H26N4/c1-5-12-9-14(19-11(2)18-12)17-10-13-15(3,4)7-6-8-16-13/h9,13,16H,5-8,10H2,1-4H3,(H,17,18,19). The lowest BCUT2D eigenvalue weighted by molar-refractivity contribution is 0.188. The molecule has 1 aromatic rings. The van der Waals surface area contributed by atoms with E-state index in [4.69, 9.17) is 0 Å². The van der Waals surface area contributed by atoms with Crippen LogP contribution in [-0.4, -0.2) is 29.1 Å². The first-order valence-corrected chi connectivity index (χ1v) is 7.33. The number of nitrogens with zero attached hydrogens (tertiary/aromatic N) is 2. The Kier molecular flexibility index (Phi) is 4.40. The summed E-state index contributed by atoms with van der Waals surface area (Å²) in [4.78, 5) is 8.87. The quantitative estimate of drug-likeness (QED) is 0.875. The van der Waals surface area contributed by atoms with Crippen molar-refractivity contribution in [2.75, 3.05) is 18.4 Å². The Morgan fingerprint density at radius 1 is 1.42 bits per heavy atom. The number of anilines is 1. The Labute approximate surface area is 116 Å². The van der Waals surface area contributed by atoms with Gasteiger partial charge in [0.15, 0.2) is 0 Å². The fourth-order valence-corrected chi connectivity index (χ4v) is 2.73. The molecule has 4 heteroatoms. The predicted molar refractivity (Wildman–Crippen MR) is 79.4 cm³/mol. The molecule has 4 nitrogen and oxygen atoms in total. The van der Waals surface area contributed by atoms with E-state index in [1.165, 1.54) is 12.8 Å². The first-order valence-electron chi connectivity index (χ1n) is 7.33. The molecule has 2 rings (SSSR count). The van der Waals surface area contributed by atoms with Crippen molar-refractivity contribution in [1.82, 2.24) is 15.3 Å². The molecule has 0 aliphatic carbocycles. The van der Waals surface area contributed by atoms with Gasteiger partial charge >= 0.3 is 0 Å². The number of piperidine rings is 1. The molecule has 1 atom stereocenters. The first-order chi connectivity index (χ1) is 9.01. The zero-order chi connectivity index (χ0) is 13.9. The average Bonchev–Trinajstić information content (AvgIpc) is 2.36. The minimum atomic E-state index is 0.348. The Morgan fingerprint density at radius 3 is 2.89 bits per heavy atom. The molecular weight excluding hydrogens is 236 g/mol. The van der Waals surface area contributed by atoms with E-state index in [9.17, 15) is 0 Å². The minimum Gasteiger partial charge on any atom is -0.368 e. The molecule has 106 valence electrons. The van der Waals surface area contributed by atoms with E-state index in [1.807, 2.05) is 6.92 Å². The van der Waals surface area contributed by atoms with Gasteiger partial charge < -0.3 is 10.6 Å². The van der Waals surface area contributed by atoms with Crippen LogP contribution in [0, 0.1) is 12.3 Å². The van der Waals surface area contributed by atoms with E-state index in [0.29, 0.717) is 11.5 Å². The van der Waals surface area contributed by atoms with Crippen molar-refractivity contribution >= 4 is 5.82 Å². The summed E-state index contributed by atoms with van der Waals surface area (Å²) in [6.45, 7) is 10.8. The Morgan fingerprint density at radius 2 is 2.21 bits per heavy atom. The Hall–Kier alpha value is -1.16. The van der Waals surface area contributed by atoms with Crippen molar-refractivity contribution in [3.8, 4) is 0 Å². The highest BCUT2D eigenvalue weighted by molar-refractivity contribution is 5.36. The van der Waals surface area contributed by atoms with Gasteiger partial charge in [0, 0.05) is 24.3 Å². The van der Waals surface area contributed by atoms with Crippen molar-refractivity contribution in [1.29, 1.82) is 0 Å². The molecule has 1 aromatic heterocycles. The normalized spacial score (nSPS) is 22.2. The molecule has 1 aliphatic heterocycles. The molecule has 19 heavy (non-hydrogen) atoms. The summed E-state index contributed by atoms with van der Waals surface area (Å²) in [5.41, 5.74) is 1.45. The lowest BCUT2D eigenvalue weighted by Gasteiger charge is -2.39. The van der Waals surface area contributed by atoms with Crippen molar-refractivity contribution < 1.29 is 0 Å². The minimum absolute atomic E-state index is 0.348. The molecular formula is C15H26N4. The molecule has 0 saturated carbocycles. The molecule has 0 radical (unpaired) electrons. The largest absolute Gasteiger partial charge is 0.368 e. The lowest BCUT2D eigenvalue weighted by Crippen LogP contribution is -2.50. The van der Waals surface area contributed by atoms with E-state index in [0.717, 1.165) is 36.8 Å². The topological polar surface area (TPSA) is 49.8 Å². The first kappa shape index (κ1) is 14.3. The Bertz CT molecular complexity index is 428. The van der Waals surface area contributed by atoms with Crippen LogP contribution < -0.4 is 10.6 Å². The molecule has 2 heterocycles. The zero-order valence-corrected chi connectivity index (χ0v) is 12.6. The second kappa shape index (κ2) is 5.87. The fourth-order valence-electron chi connectivity index (χ4n) is 2.73. The van der Waals surface area contributed by atoms with Gasteiger partial charge in [-0.25, -0.2) is 9.97 Å². The van der Waals surface area contributed by atoms with Gasteiger partial charge in [0.1, 0.15) is 11.6 Å². The summed E-state index contributed by atoms with van der Waals surface area (Å²) in [6.07, 6.45) is 3.51. The highest BCUT2D eigenvalue weighted by Gasteiger charge is 2.31. The van der Waals surface area contributed by atoms with Gasteiger partial charge in [0.05, 0.1) is 0 Å².